The minimum absolute atomic E-state index is 0.0319. The zero-order chi connectivity index (χ0) is 11.5. The van der Waals surface area contributed by atoms with Gasteiger partial charge in [-0.15, -0.1) is 0 Å². The van der Waals surface area contributed by atoms with Gasteiger partial charge in [0.25, 0.3) is 0 Å². The van der Waals surface area contributed by atoms with Crippen LogP contribution in [-0.4, -0.2) is 27.0 Å². The molecule has 0 bridgehead atoms. The van der Waals surface area contributed by atoms with E-state index in [9.17, 15) is 0 Å². The van der Waals surface area contributed by atoms with Crippen LogP contribution in [0, 0.1) is 13.8 Å². The first-order valence-corrected chi connectivity index (χ1v) is 5.35. The van der Waals surface area contributed by atoms with Gasteiger partial charge in [0.1, 0.15) is 0 Å². The van der Waals surface area contributed by atoms with Crippen molar-refractivity contribution in [1.82, 2.24) is 9.78 Å². The highest BCUT2D eigenvalue weighted by Gasteiger charge is 2.16. The number of rotatable bonds is 5. The van der Waals surface area contributed by atoms with Crippen molar-refractivity contribution in [2.75, 3.05) is 6.61 Å². The smallest absolute Gasteiger partial charge is 0.0608 e. The second-order valence-corrected chi connectivity index (χ2v) is 4.57. The summed E-state index contributed by atoms with van der Waals surface area (Å²) >= 11 is 0. The van der Waals surface area contributed by atoms with Gasteiger partial charge in [0, 0.05) is 17.8 Å². The molecule has 1 atom stereocenters. The van der Waals surface area contributed by atoms with Gasteiger partial charge in [-0.05, 0) is 39.7 Å². The fourth-order valence-corrected chi connectivity index (χ4v) is 1.61. The molecule has 86 valence electrons. The highest BCUT2D eigenvalue weighted by atomic mass is 16.3. The number of aliphatic hydroxyl groups is 1. The normalized spacial score (nSPS) is 15.3. The zero-order valence-corrected chi connectivity index (χ0v) is 9.82. The van der Waals surface area contributed by atoms with Gasteiger partial charge in [0.2, 0.25) is 0 Å². The predicted octanol–water partition coefficient (Wildman–Crippen LogP) is 0.990. The van der Waals surface area contributed by atoms with Gasteiger partial charge in [-0.25, -0.2) is 0 Å². The Morgan fingerprint density at radius 2 is 2.20 bits per heavy atom. The summed E-state index contributed by atoms with van der Waals surface area (Å²) in [4.78, 5) is 0. The molecular formula is C11H21N3O. The molecule has 1 heterocycles. The molecule has 0 aliphatic rings. The van der Waals surface area contributed by atoms with Gasteiger partial charge < -0.3 is 10.8 Å². The predicted molar refractivity (Wildman–Crippen MR) is 60.6 cm³/mol. The third-order valence-electron chi connectivity index (χ3n) is 2.58. The van der Waals surface area contributed by atoms with Crippen molar-refractivity contribution < 1.29 is 5.11 Å². The maximum absolute atomic E-state index is 9.00. The van der Waals surface area contributed by atoms with E-state index in [1.165, 1.54) is 5.69 Å². The van der Waals surface area contributed by atoms with Gasteiger partial charge in [0.15, 0.2) is 0 Å². The third-order valence-corrected chi connectivity index (χ3v) is 2.58. The van der Waals surface area contributed by atoms with Gasteiger partial charge >= 0.3 is 0 Å². The summed E-state index contributed by atoms with van der Waals surface area (Å²) in [7, 11) is 0. The van der Waals surface area contributed by atoms with E-state index in [1.807, 2.05) is 25.5 Å². The quantitative estimate of drug-likeness (QED) is 0.763. The lowest BCUT2D eigenvalue weighted by Gasteiger charge is -2.21. The van der Waals surface area contributed by atoms with E-state index < -0.39 is 5.54 Å². The maximum atomic E-state index is 9.00. The van der Waals surface area contributed by atoms with Crippen LogP contribution in [0.5, 0.6) is 0 Å². The molecule has 0 spiro atoms. The van der Waals surface area contributed by atoms with E-state index in [2.05, 4.69) is 11.2 Å². The van der Waals surface area contributed by atoms with Crippen molar-refractivity contribution in [2.45, 2.75) is 45.7 Å². The minimum atomic E-state index is -0.462. The van der Waals surface area contributed by atoms with Gasteiger partial charge in [0.05, 0.1) is 12.3 Å². The van der Waals surface area contributed by atoms with Crippen molar-refractivity contribution in [2.24, 2.45) is 5.73 Å². The third kappa shape index (κ3) is 3.64. The molecular weight excluding hydrogens is 190 g/mol. The zero-order valence-electron chi connectivity index (χ0n) is 9.82. The molecule has 4 heteroatoms. The number of hydrogen-bond donors (Lipinski definition) is 2. The van der Waals surface area contributed by atoms with E-state index in [0.29, 0.717) is 0 Å². The van der Waals surface area contributed by atoms with Crippen LogP contribution in [-0.2, 0) is 6.54 Å². The number of aryl methyl sites for hydroxylation is 3. The molecule has 1 aromatic heterocycles. The Labute approximate surface area is 91.1 Å². The molecule has 4 nitrogen and oxygen atoms in total. The molecule has 15 heavy (non-hydrogen) atoms. The highest BCUT2D eigenvalue weighted by Crippen LogP contribution is 2.10. The lowest BCUT2D eigenvalue weighted by Crippen LogP contribution is -2.40. The highest BCUT2D eigenvalue weighted by molar-refractivity contribution is 5.06. The summed E-state index contributed by atoms with van der Waals surface area (Å²) in [5.74, 6) is 0. The molecule has 0 aliphatic heterocycles. The van der Waals surface area contributed by atoms with Crippen LogP contribution in [0.4, 0.5) is 0 Å². The second-order valence-electron chi connectivity index (χ2n) is 4.57. The summed E-state index contributed by atoms with van der Waals surface area (Å²) in [6.07, 6.45) is 1.75. The summed E-state index contributed by atoms with van der Waals surface area (Å²) < 4.78 is 1.99. The maximum Gasteiger partial charge on any atom is 0.0608 e. The number of aromatic nitrogens is 2. The number of nitrogens with two attached hydrogens (primary N) is 1. The number of nitrogens with zero attached hydrogens (tertiary/aromatic N) is 2. The topological polar surface area (TPSA) is 64.1 Å². The Bertz CT molecular complexity index is 318. The van der Waals surface area contributed by atoms with E-state index in [-0.39, 0.29) is 6.61 Å². The fourth-order valence-electron chi connectivity index (χ4n) is 1.61. The van der Waals surface area contributed by atoms with E-state index in [4.69, 9.17) is 10.8 Å². The van der Waals surface area contributed by atoms with Gasteiger partial charge in [-0.2, -0.15) is 5.10 Å². The Hall–Kier alpha value is -0.870. The lowest BCUT2D eigenvalue weighted by atomic mass is 9.98. The molecule has 1 unspecified atom stereocenters. The minimum Gasteiger partial charge on any atom is -0.394 e. The molecule has 3 N–H and O–H groups in total. The first-order valence-electron chi connectivity index (χ1n) is 5.35. The molecule has 0 aliphatic carbocycles. The van der Waals surface area contributed by atoms with E-state index in [1.54, 1.807) is 0 Å². The SMILES string of the molecule is Cc1cc(C)n(CCCC(C)(N)CO)n1. The van der Waals surface area contributed by atoms with Crippen molar-refractivity contribution in [3.8, 4) is 0 Å². The first-order chi connectivity index (χ1) is 6.94. The molecule has 1 aromatic rings. The van der Waals surface area contributed by atoms with Crippen LogP contribution in [0.2, 0.25) is 0 Å². The van der Waals surface area contributed by atoms with Crippen LogP contribution in [0.15, 0.2) is 6.07 Å². The van der Waals surface area contributed by atoms with E-state index >= 15 is 0 Å². The largest absolute Gasteiger partial charge is 0.394 e. The van der Waals surface area contributed by atoms with Crippen LogP contribution < -0.4 is 5.73 Å². The van der Waals surface area contributed by atoms with Crippen molar-refractivity contribution in [1.29, 1.82) is 0 Å². The average molecular weight is 211 g/mol. The Morgan fingerprint density at radius 1 is 1.53 bits per heavy atom. The molecule has 0 radical (unpaired) electrons. The number of hydrogen-bond acceptors (Lipinski definition) is 3. The Kier molecular flexibility index (Phi) is 3.88. The molecule has 1 rings (SSSR count). The Morgan fingerprint density at radius 3 is 2.67 bits per heavy atom. The summed E-state index contributed by atoms with van der Waals surface area (Å²) in [6.45, 7) is 6.81. The summed E-state index contributed by atoms with van der Waals surface area (Å²) in [5.41, 5.74) is 7.60. The molecule has 0 fully saturated rings. The molecule has 0 saturated heterocycles. The van der Waals surface area contributed by atoms with Crippen LogP contribution >= 0.6 is 0 Å². The molecule has 0 aromatic carbocycles. The lowest BCUT2D eigenvalue weighted by molar-refractivity contribution is 0.196. The van der Waals surface area contributed by atoms with Crippen molar-refractivity contribution in [3.05, 3.63) is 17.5 Å². The second kappa shape index (κ2) is 4.77. The van der Waals surface area contributed by atoms with Crippen molar-refractivity contribution in [3.63, 3.8) is 0 Å². The van der Waals surface area contributed by atoms with E-state index in [0.717, 1.165) is 25.1 Å². The van der Waals surface area contributed by atoms with Crippen LogP contribution in [0.25, 0.3) is 0 Å². The van der Waals surface area contributed by atoms with Crippen LogP contribution in [0.1, 0.15) is 31.2 Å². The summed E-state index contributed by atoms with van der Waals surface area (Å²) in [5, 5.41) is 13.4. The van der Waals surface area contributed by atoms with Crippen LogP contribution in [0.3, 0.4) is 0 Å². The van der Waals surface area contributed by atoms with Gasteiger partial charge in [-0.3, -0.25) is 4.68 Å². The first kappa shape index (κ1) is 12.2. The fraction of sp³-hybridized carbons (Fsp3) is 0.727. The average Bonchev–Trinajstić information content (AvgIpc) is 2.45. The monoisotopic (exact) mass is 211 g/mol. The standard InChI is InChI=1S/C11H21N3O/c1-9-7-10(2)14(13-9)6-4-5-11(3,12)8-15/h7,15H,4-6,8,12H2,1-3H3. The van der Waals surface area contributed by atoms with Gasteiger partial charge in [-0.1, -0.05) is 0 Å². The summed E-state index contributed by atoms with van der Waals surface area (Å²) in [6, 6.07) is 2.06. The van der Waals surface area contributed by atoms with Crippen molar-refractivity contribution >= 4 is 0 Å². The Balaban J connectivity index is 2.41. The number of aliphatic hydroxyl groups excluding tert-OH is 1. The molecule has 0 saturated carbocycles. The molecule has 0 amide bonds.